The van der Waals surface area contributed by atoms with Crippen molar-refractivity contribution in [3.8, 4) is 0 Å². The summed E-state index contributed by atoms with van der Waals surface area (Å²) in [6, 6.07) is 3.43. The lowest BCUT2D eigenvalue weighted by Gasteiger charge is -2.21. The van der Waals surface area contributed by atoms with Gasteiger partial charge < -0.3 is 5.32 Å². The fourth-order valence-corrected chi connectivity index (χ4v) is 1.85. The number of aryl methyl sites for hydroxylation is 1. The Balaban J connectivity index is 1.99. The van der Waals surface area contributed by atoms with Crippen LogP contribution in [0.3, 0.4) is 0 Å². The Labute approximate surface area is 85.5 Å². The van der Waals surface area contributed by atoms with E-state index >= 15 is 0 Å². The quantitative estimate of drug-likeness (QED) is 0.788. The number of hydrogen-bond acceptors (Lipinski definition) is 2. The summed E-state index contributed by atoms with van der Waals surface area (Å²) >= 11 is 0. The van der Waals surface area contributed by atoms with Crippen LogP contribution in [0.4, 0.5) is 0 Å². The van der Waals surface area contributed by atoms with E-state index < -0.39 is 0 Å². The first-order valence-electron chi connectivity index (χ1n) is 5.42. The lowest BCUT2D eigenvalue weighted by atomic mass is 10.00. The Morgan fingerprint density at radius 3 is 2.71 bits per heavy atom. The molecule has 1 saturated carbocycles. The molecule has 1 fully saturated rings. The molecule has 14 heavy (non-hydrogen) atoms. The van der Waals surface area contributed by atoms with Gasteiger partial charge in [0.05, 0.1) is 0 Å². The summed E-state index contributed by atoms with van der Waals surface area (Å²) in [6.07, 6.45) is 4.57. The minimum Gasteiger partial charge on any atom is -0.311 e. The van der Waals surface area contributed by atoms with Crippen LogP contribution in [0.25, 0.3) is 0 Å². The molecule has 2 atom stereocenters. The van der Waals surface area contributed by atoms with Crippen LogP contribution in [-0.2, 0) is 7.05 Å². The van der Waals surface area contributed by atoms with Gasteiger partial charge in [-0.05, 0) is 25.8 Å². The lowest BCUT2D eigenvalue weighted by Crippen LogP contribution is -2.33. The first-order valence-corrected chi connectivity index (χ1v) is 5.42. The zero-order valence-corrected chi connectivity index (χ0v) is 9.20. The number of rotatable bonds is 4. The van der Waals surface area contributed by atoms with Crippen LogP contribution >= 0.6 is 0 Å². The maximum absolute atomic E-state index is 4.20. The largest absolute Gasteiger partial charge is 0.311 e. The molecule has 1 aromatic heterocycles. The van der Waals surface area contributed by atoms with Gasteiger partial charge in [0.2, 0.25) is 0 Å². The zero-order valence-electron chi connectivity index (χ0n) is 9.20. The van der Waals surface area contributed by atoms with Gasteiger partial charge in [-0.2, -0.15) is 5.10 Å². The summed E-state index contributed by atoms with van der Waals surface area (Å²) in [4.78, 5) is 0. The van der Waals surface area contributed by atoms with Crippen molar-refractivity contribution < 1.29 is 0 Å². The summed E-state index contributed by atoms with van der Waals surface area (Å²) in [5.41, 5.74) is 1.31. The minimum absolute atomic E-state index is 0.531. The third-order valence-electron chi connectivity index (χ3n) is 3.15. The Morgan fingerprint density at radius 1 is 1.50 bits per heavy atom. The highest BCUT2D eigenvalue weighted by Crippen LogP contribution is 2.24. The summed E-state index contributed by atoms with van der Waals surface area (Å²) in [7, 11) is 2.01. The van der Waals surface area contributed by atoms with Crippen LogP contribution < -0.4 is 5.32 Å². The van der Waals surface area contributed by atoms with E-state index in [4.69, 9.17) is 0 Å². The van der Waals surface area contributed by atoms with Crippen LogP contribution in [0.1, 0.15) is 38.3 Å². The molecule has 0 amide bonds. The molecule has 0 aromatic carbocycles. The van der Waals surface area contributed by atoms with E-state index in [1.54, 1.807) is 0 Å². The maximum atomic E-state index is 4.20. The molecule has 2 rings (SSSR count). The second-order valence-electron chi connectivity index (χ2n) is 4.40. The van der Waals surface area contributed by atoms with Crippen molar-refractivity contribution in [2.75, 3.05) is 0 Å². The van der Waals surface area contributed by atoms with Gasteiger partial charge in [-0.3, -0.25) is 4.68 Å². The summed E-state index contributed by atoms with van der Waals surface area (Å²) < 4.78 is 1.97. The fourth-order valence-electron chi connectivity index (χ4n) is 1.85. The van der Waals surface area contributed by atoms with Gasteiger partial charge in [0.25, 0.3) is 0 Å². The molecule has 1 N–H and O–H groups in total. The molecule has 0 spiro atoms. The van der Waals surface area contributed by atoms with Gasteiger partial charge >= 0.3 is 0 Å². The Hall–Kier alpha value is -0.830. The van der Waals surface area contributed by atoms with Crippen LogP contribution in [0.2, 0.25) is 0 Å². The highest BCUT2D eigenvalue weighted by atomic mass is 15.3. The average Bonchev–Trinajstić information content (AvgIpc) is 2.86. The maximum Gasteiger partial charge on any atom is 0.0492 e. The molecule has 1 heterocycles. The Kier molecular flexibility index (Phi) is 2.59. The molecule has 3 nitrogen and oxygen atoms in total. The van der Waals surface area contributed by atoms with E-state index in [9.17, 15) is 0 Å². The van der Waals surface area contributed by atoms with Crippen LogP contribution in [0, 0.1) is 0 Å². The van der Waals surface area contributed by atoms with E-state index in [-0.39, 0.29) is 0 Å². The third kappa shape index (κ3) is 1.98. The number of hydrogen-bond donors (Lipinski definition) is 1. The van der Waals surface area contributed by atoms with Crippen LogP contribution in [0.15, 0.2) is 12.3 Å². The van der Waals surface area contributed by atoms with Gasteiger partial charge in [0, 0.05) is 36.9 Å². The van der Waals surface area contributed by atoms with Crippen molar-refractivity contribution in [3.63, 3.8) is 0 Å². The molecule has 2 unspecified atom stereocenters. The van der Waals surface area contributed by atoms with Crippen molar-refractivity contribution in [1.82, 2.24) is 15.1 Å². The van der Waals surface area contributed by atoms with Gasteiger partial charge in [-0.1, -0.05) is 6.92 Å². The first-order chi connectivity index (χ1) is 6.68. The molecule has 1 aliphatic carbocycles. The summed E-state index contributed by atoms with van der Waals surface area (Å²) in [5.74, 6) is 0.531. The number of aromatic nitrogens is 2. The van der Waals surface area contributed by atoms with Crippen molar-refractivity contribution in [2.24, 2.45) is 7.05 Å². The normalized spacial score (nSPS) is 20.8. The number of nitrogens with one attached hydrogen (secondary N) is 1. The monoisotopic (exact) mass is 193 g/mol. The molecule has 0 radical (unpaired) electrons. The van der Waals surface area contributed by atoms with Crippen molar-refractivity contribution in [2.45, 2.75) is 44.7 Å². The Bertz CT molecular complexity index is 301. The standard InChI is InChI=1S/C11H19N3/c1-8(9(2)13-10-4-5-10)11-6-7-12-14(11)3/h6-10,13H,4-5H2,1-3H3. The molecule has 0 saturated heterocycles. The highest BCUT2D eigenvalue weighted by Gasteiger charge is 2.26. The number of nitrogens with zero attached hydrogens (tertiary/aromatic N) is 2. The molecule has 0 aliphatic heterocycles. The second kappa shape index (κ2) is 3.73. The fraction of sp³-hybridized carbons (Fsp3) is 0.727. The zero-order chi connectivity index (χ0) is 10.1. The van der Waals surface area contributed by atoms with Crippen molar-refractivity contribution in [3.05, 3.63) is 18.0 Å². The topological polar surface area (TPSA) is 29.9 Å². The minimum atomic E-state index is 0.531. The molecular weight excluding hydrogens is 174 g/mol. The third-order valence-corrected chi connectivity index (χ3v) is 3.15. The Morgan fingerprint density at radius 2 is 2.21 bits per heavy atom. The first kappa shape index (κ1) is 9.71. The molecule has 1 aliphatic rings. The average molecular weight is 193 g/mol. The van der Waals surface area contributed by atoms with E-state index in [1.807, 2.05) is 17.9 Å². The van der Waals surface area contributed by atoms with E-state index in [0.717, 1.165) is 6.04 Å². The van der Waals surface area contributed by atoms with Gasteiger partial charge in [-0.25, -0.2) is 0 Å². The second-order valence-corrected chi connectivity index (χ2v) is 4.40. The molecule has 0 bridgehead atoms. The van der Waals surface area contributed by atoms with Crippen LogP contribution in [-0.4, -0.2) is 21.9 Å². The summed E-state index contributed by atoms with van der Waals surface area (Å²) in [5, 5.41) is 7.83. The molecule has 3 heteroatoms. The van der Waals surface area contributed by atoms with Crippen molar-refractivity contribution in [1.29, 1.82) is 0 Å². The van der Waals surface area contributed by atoms with Crippen molar-refractivity contribution >= 4 is 0 Å². The smallest absolute Gasteiger partial charge is 0.0492 e. The van der Waals surface area contributed by atoms with Crippen LogP contribution in [0.5, 0.6) is 0 Å². The summed E-state index contributed by atoms with van der Waals surface area (Å²) in [6.45, 7) is 4.52. The lowest BCUT2D eigenvalue weighted by molar-refractivity contribution is 0.458. The van der Waals surface area contributed by atoms with Gasteiger partial charge in [0.1, 0.15) is 0 Å². The predicted octanol–water partition coefficient (Wildman–Crippen LogP) is 1.66. The van der Waals surface area contributed by atoms with E-state index in [1.165, 1.54) is 18.5 Å². The SMILES string of the molecule is CC(NC1CC1)C(C)c1ccnn1C. The highest BCUT2D eigenvalue weighted by molar-refractivity contribution is 5.09. The predicted molar refractivity (Wildman–Crippen MR) is 57.2 cm³/mol. The van der Waals surface area contributed by atoms with E-state index in [2.05, 4.69) is 30.3 Å². The molecule has 1 aromatic rings. The van der Waals surface area contributed by atoms with E-state index in [0.29, 0.717) is 12.0 Å². The molecule has 78 valence electrons. The van der Waals surface area contributed by atoms with Gasteiger partial charge in [0.15, 0.2) is 0 Å². The molecular formula is C11H19N3. The van der Waals surface area contributed by atoms with Gasteiger partial charge in [-0.15, -0.1) is 0 Å².